The summed E-state index contributed by atoms with van der Waals surface area (Å²) in [6, 6.07) is 19.3. The second-order valence-electron chi connectivity index (χ2n) is 11.5. The monoisotopic (exact) mass is 660 g/mol. The zero-order valence-corrected chi connectivity index (χ0v) is 25.3. The van der Waals surface area contributed by atoms with E-state index in [0.717, 1.165) is 5.57 Å². The van der Waals surface area contributed by atoms with Crippen LogP contribution in [-0.2, 0) is 24.6 Å². The van der Waals surface area contributed by atoms with Gasteiger partial charge in [-0.1, -0.05) is 59.6 Å². The van der Waals surface area contributed by atoms with Gasteiger partial charge in [-0.25, -0.2) is 4.90 Å². The molecule has 0 spiro atoms. The normalized spacial score (nSPS) is 29.5. The molecule has 0 unspecified atom stereocenters. The summed E-state index contributed by atoms with van der Waals surface area (Å²) < 4.78 is 5.87. The maximum absolute atomic E-state index is 15.1. The Labute approximate surface area is 260 Å². The quantitative estimate of drug-likeness (QED) is 0.291. The molecule has 0 radical (unpaired) electrons. The van der Waals surface area contributed by atoms with Crippen molar-refractivity contribution < 1.29 is 29.0 Å². The molecule has 2 heterocycles. The molecule has 2 N–H and O–H groups in total. The molecule has 0 bridgehead atoms. The van der Waals surface area contributed by atoms with Gasteiger partial charge in [0, 0.05) is 10.9 Å². The van der Waals surface area contributed by atoms with E-state index in [4.69, 9.17) is 16.3 Å². The number of phenolic OH excluding ortho intramolecular Hbond substituents is 1. The fourth-order valence-corrected chi connectivity index (χ4v) is 8.59. The van der Waals surface area contributed by atoms with Gasteiger partial charge >= 0.3 is 0 Å². The Balaban J connectivity index is 1.54. The van der Waals surface area contributed by atoms with E-state index in [9.17, 15) is 19.5 Å². The number of nitrogens with zero attached hydrogens (tertiary/aromatic N) is 1. The summed E-state index contributed by atoms with van der Waals surface area (Å²) in [5.74, 6) is -4.63. The molecule has 3 aromatic rings. The number of hydrogen-bond acceptors (Lipinski definition) is 6. The molecule has 3 fully saturated rings. The van der Waals surface area contributed by atoms with Gasteiger partial charge < -0.3 is 9.84 Å². The van der Waals surface area contributed by atoms with Crippen LogP contribution < -0.4 is 15.0 Å². The molecule has 8 nitrogen and oxygen atoms in total. The van der Waals surface area contributed by atoms with Crippen LogP contribution in [-0.4, -0.2) is 35.8 Å². The predicted molar refractivity (Wildman–Crippen MR) is 162 cm³/mol. The summed E-state index contributed by atoms with van der Waals surface area (Å²) in [6.45, 7) is 0. The zero-order chi connectivity index (χ0) is 30.2. The number of imide groups is 2. The number of ether oxygens (including phenoxy) is 1. The lowest BCUT2D eigenvalue weighted by Crippen LogP contribution is -2.53. The van der Waals surface area contributed by atoms with E-state index in [2.05, 4.69) is 21.2 Å². The van der Waals surface area contributed by atoms with Gasteiger partial charge in [0.25, 0.3) is 0 Å². The van der Waals surface area contributed by atoms with Crippen LogP contribution in [0.25, 0.3) is 0 Å². The highest BCUT2D eigenvalue weighted by atomic mass is 79.9. The Morgan fingerprint density at radius 1 is 1.00 bits per heavy atom. The number of carbonyl (C=O) groups is 4. The highest BCUT2D eigenvalue weighted by Crippen LogP contribution is 2.64. The van der Waals surface area contributed by atoms with E-state index in [1.54, 1.807) is 36.4 Å². The van der Waals surface area contributed by atoms with Crippen LogP contribution in [0, 0.1) is 23.7 Å². The minimum atomic E-state index is -1.41. The van der Waals surface area contributed by atoms with Crippen molar-refractivity contribution in [1.29, 1.82) is 0 Å². The van der Waals surface area contributed by atoms with Crippen LogP contribution >= 0.6 is 27.5 Å². The van der Waals surface area contributed by atoms with E-state index in [1.165, 1.54) is 12.0 Å². The molecule has 218 valence electrons. The Hall–Kier alpha value is -3.95. The molecular weight excluding hydrogens is 636 g/mol. The maximum atomic E-state index is 15.1. The summed E-state index contributed by atoms with van der Waals surface area (Å²) >= 11 is 9.78. The lowest BCUT2D eigenvalue weighted by Gasteiger charge is -2.50. The number of fused-ring (bicyclic) bond motifs is 4. The zero-order valence-electron chi connectivity index (χ0n) is 22.9. The first-order valence-electron chi connectivity index (χ1n) is 14.0. The van der Waals surface area contributed by atoms with Crippen LogP contribution in [0.3, 0.4) is 0 Å². The van der Waals surface area contributed by atoms with Crippen molar-refractivity contribution in [1.82, 2.24) is 5.32 Å². The van der Waals surface area contributed by atoms with Crippen molar-refractivity contribution in [3.63, 3.8) is 0 Å². The largest absolute Gasteiger partial charge is 0.503 e. The number of nitrogens with one attached hydrogen (secondary N) is 1. The molecule has 2 saturated heterocycles. The number of amides is 4. The van der Waals surface area contributed by atoms with Gasteiger partial charge in [0.05, 0.1) is 40.4 Å². The van der Waals surface area contributed by atoms with E-state index < -0.39 is 46.8 Å². The van der Waals surface area contributed by atoms with Crippen molar-refractivity contribution in [2.45, 2.75) is 24.2 Å². The Bertz CT molecular complexity index is 1760. The number of phenols is 1. The molecule has 2 aliphatic heterocycles. The van der Waals surface area contributed by atoms with Gasteiger partial charge in [-0.2, -0.15) is 0 Å². The van der Waals surface area contributed by atoms with Gasteiger partial charge in [0.2, 0.25) is 23.6 Å². The average Bonchev–Trinajstić information content (AvgIpc) is 3.42. The first kappa shape index (κ1) is 27.9. The molecule has 43 heavy (non-hydrogen) atoms. The van der Waals surface area contributed by atoms with Gasteiger partial charge in [-0.3, -0.25) is 24.5 Å². The van der Waals surface area contributed by atoms with Gasteiger partial charge in [0.15, 0.2) is 11.5 Å². The molecule has 7 rings (SSSR count). The minimum Gasteiger partial charge on any atom is -0.503 e. The standard InChI is InChI=1S/C33H26BrClN2O6/c1-43-25-13-16(12-24(34)28(25)38)27-20-10-11-21-26(30(40)36-29(21)39)22(20)15-23-31(41)37(19-9-5-8-18(35)14-19)32(42)33(23,27)17-6-3-2-4-7-17/h2-10,12-14,21-23,26-27,38H,11,15H2,1H3,(H,36,39,40)/t21-,22+,23-,26-,27-,33+/m0/s1. The molecule has 3 aromatic carbocycles. The first-order valence-corrected chi connectivity index (χ1v) is 15.2. The molecule has 2 aliphatic carbocycles. The van der Waals surface area contributed by atoms with Crippen molar-refractivity contribution in [2.24, 2.45) is 23.7 Å². The van der Waals surface area contributed by atoms with Crippen LogP contribution in [0.4, 0.5) is 5.69 Å². The highest BCUT2D eigenvalue weighted by molar-refractivity contribution is 9.10. The summed E-state index contributed by atoms with van der Waals surface area (Å²) in [5.41, 5.74) is 1.06. The molecule has 0 aromatic heterocycles. The van der Waals surface area contributed by atoms with Crippen molar-refractivity contribution in [2.75, 3.05) is 12.0 Å². The van der Waals surface area contributed by atoms with E-state index >= 15 is 4.79 Å². The second-order valence-corrected chi connectivity index (χ2v) is 12.8. The maximum Gasteiger partial charge on any atom is 0.246 e. The van der Waals surface area contributed by atoms with Crippen LogP contribution in [0.1, 0.15) is 29.9 Å². The lowest BCUT2D eigenvalue weighted by atomic mass is 9.49. The average molecular weight is 662 g/mol. The SMILES string of the molecule is COc1cc([C@H]2C3=CC[C@@H]4C(=O)NC(=O)[C@@H]4[C@@H]3C[C@H]3C(=O)N(c4cccc(Cl)c4)C(=O)[C@@]23c2ccccc2)cc(Br)c1O. The number of anilines is 1. The Morgan fingerprint density at radius 2 is 1.77 bits per heavy atom. The van der Waals surface area contributed by atoms with Crippen LogP contribution in [0.5, 0.6) is 11.5 Å². The molecule has 6 atom stereocenters. The predicted octanol–water partition coefficient (Wildman–Crippen LogP) is 5.27. The Morgan fingerprint density at radius 3 is 2.49 bits per heavy atom. The number of methoxy groups -OCH3 is 1. The number of allylic oxidation sites excluding steroid dienone is 2. The minimum absolute atomic E-state index is 0.100. The lowest BCUT2D eigenvalue weighted by molar-refractivity contribution is -0.128. The topological polar surface area (TPSA) is 113 Å². The molecule has 1 saturated carbocycles. The third-order valence-corrected chi connectivity index (χ3v) is 10.5. The fourth-order valence-electron chi connectivity index (χ4n) is 7.95. The highest BCUT2D eigenvalue weighted by Gasteiger charge is 2.69. The molecule has 10 heteroatoms. The van der Waals surface area contributed by atoms with Crippen molar-refractivity contribution in [3.05, 3.63) is 99.0 Å². The third-order valence-electron chi connectivity index (χ3n) is 9.61. The fraction of sp³-hybridized carbons (Fsp3) is 0.273. The first-order chi connectivity index (χ1) is 20.7. The van der Waals surface area contributed by atoms with E-state index in [0.29, 0.717) is 32.7 Å². The summed E-state index contributed by atoms with van der Waals surface area (Å²) in [7, 11) is 1.44. The van der Waals surface area contributed by atoms with Gasteiger partial charge in [-0.15, -0.1) is 0 Å². The number of aromatic hydroxyl groups is 1. The second kappa shape index (κ2) is 10.1. The smallest absolute Gasteiger partial charge is 0.246 e. The number of carbonyl (C=O) groups excluding carboxylic acids is 4. The molecule has 4 aliphatic rings. The molecule has 4 amide bonds. The summed E-state index contributed by atoms with van der Waals surface area (Å²) in [5, 5.41) is 13.6. The number of benzene rings is 3. The van der Waals surface area contributed by atoms with Gasteiger partial charge in [-0.05, 0) is 76.1 Å². The van der Waals surface area contributed by atoms with Crippen LogP contribution in [0.15, 0.2) is 82.9 Å². The molecular formula is C33H26BrClN2O6. The number of hydrogen-bond donors (Lipinski definition) is 2. The van der Waals surface area contributed by atoms with E-state index in [-0.39, 0.29) is 29.7 Å². The summed E-state index contributed by atoms with van der Waals surface area (Å²) in [6.07, 6.45) is 2.51. The van der Waals surface area contributed by atoms with Crippen molar-refractivity contribution >= 4 is 56.8 Å². The summed E-state index contributed by atoms with van der Waals surface area (Å²) in [4.78, 5) is 56.9. The van der Waals surface area contributed by atoms with E-state index in [1.807, 2.05) is 36.4 Å². The Kier molecular flexibility index (Phi) is 6.52. The number of rotatable bonds is 4. The number of halogens is 2. The van der Waals surface area contributed by atoms with Crippen LogP contribution in [0.2, 0.25) is 5.02 Å². The van der Waals surface area contributed by atoms with Gasteiger partial charge in [0.1, 0.15) is 0 Å². The van der Waals surface area contributed by atoms with Crippen molar-refractivity contribution in [3.8, 4) is 11.5 Å². The third kappa shape index (κ3) is 3.87.